The van der Waals surface area contributed by atoms with Gasteiger partial charge in [0, 0.05) is 6.04 Å². The average Bonchev–Trinajstić information content (AvgIpc) is 2.80. The molecule has 17 heavy (non-hydrogen) atoms. The van der Waals surface area contributed by atoms with E-state index in [2.05, 4.69) is 44.8 Å². The highest BCUT2D eigenvalue weighted by atomic mass is 16.2. The normalized spacial score (nSPS) is 37.4. The first-order valence-corrected chi connectivity index (χ1v) is 7.00. The summed E-state index contributed by atoms with van der Waals surface area (Å²) in [5.41, 5.74) is 0. The lowest BCUT2D eigenvalue weighted by atomic mass is 10.0. The highest BCUT2D eigenvalue weighted by molar-refractivity contribution is 5.85. The van der Waals surface area contributed by atoms with Crippen LogP contribution in [0, 0.1) is 17.8 Å². The summed E-state index contributed by atoms with van der Waals surface area (Å²) in [5, 5.41) is 3.54. The van der Waals surface area contributed by atoms with Crippen molar-refractivity contribution in [3.05, 3.63) is 0 Å². The minimum absolute atomic E-state index is 0.0338. The van der Waals surface area contributed by atoms with Gasteiger partial charge in [-0.2, -0.15) is 0 Å². The lowest BCUT2D eigenvalue weighted by Crippen LogP contribution is -2.40. The summed E-state index contributed by atoms with van der Waals surface area (Å²) in [5.74, 6) is 2.04. The van der Waals surface area contributed by atoms with Crippen molar-refractivity contribution >= 4 is 5.91 Å². The molecule has 0 bridgehead atoms. The Morgan fingerprint density at radius 2 is 1.94 bits per heavy atom. The van der Waals surface area contributed by atoms with Gasteiger partial charge >= 0.3 is 0 Å². The average molecular weight is 238 g/mol. The zero-order chi connectivity index (χ0) is 12.7. The molecule has 2 rings (SSSR count). The maximum Gasteiger partial charge on any atom is 0.241 e. The lowest BCUT2D eigenvalue weighted by Gasteiger charge is -2.25. The number of amides is 1. The van der Waals surface area contributed by atoms with Crippen LogP contribution in [-0.2, 0) is 4.79 Å². The Bertz CT molecular complexity index is 301. The monoisotopic (exact) mass is 238 g/mol. The van der Waals surface area contributed by atoms with Gasteiger partial charge in [0.05, 0.1) is 12.2 Å². The molecule has 4 atom stereocenters. The van der Waals surface area contributed by atoms with E-state index in [-0.39, 0.29) is 12.2 Å². The van der Waals surface area contributed by atoms with Crippen molar-refractivity contribution in [2.24, 2.45) is 17.8 Å². The van der Waals surface area contributed by atoms with Crippen LogP contribution in [0.3, 0.4) is 0 Å². The summed E-state index contributed by atoms with van der Waals surface area (Å²) >= 11 is 0. The second-order valence-corrected chi connectivity index (χ2v) is 6.56. The summed E-state index contributed by atoms with van der Waals surface area (Å²) in [4.78, 5) is 14.6. The molecule has 2 aliphatic rings. The topological polar surface area (TPSA) is 32.3 Å². The highest BCUT2D eigenvalue weighted by Crippen LogP contribution is 2.39. The Balaban J connectivity index is 2.10. The predicted octanol–water partition coefficient (Wildman–Crippen LogP) is 2.22. The molecule has 0 aromatic carbocycles. The maximum absolute atomic E-state index is 12.4. The minimum Gasteiger partial charge on any atom is -0.323 e. The third kappa shape index (κ3) is 2.49. The van der Waals surface area contributed by atoms with Crippen molar-refractivity contribution in [1.29, 1.82) is 0 Å². The van der Waals surface area contributed by atoms with E-state index >= 15 is 0 Å². The van der Waals surface area contributed by atoms with Gasteiger partial charge in [0.15, 0.2) is 0 Å². The molecule has 3 nitrogen and oxygen atoms in total. The van der Waals surface area contributed by atoms with Gasteiger partial charge in [-0.3, -0.25) is 10.1 Å². The third-order valence-corrected chi connectivity index (χ3v) is 4.01. The van der Waals surface area contributed by atoms with Crippen LogP contribution in [0.5, 0.6) is 0 Å². The van der Waals surface area contributed by atoms with Gasteiger partial charge in [0.2, 0.25) is 5.91 Å². The van der Waals surface area contributed by atoms with Gasteiger partial charge in [-0.15, -0.1) is 0 Å². The molecule has 0 radical (unpaired) electrons. The number of hydrogen-bond donors (Lipinski definition) is 1. The fourth-order valence-corrected chi connectivity index (χ4v) is 2.86. The second kappa shape index (κ2) is 4.60. The molecule has 98 valence electrons. The molecule has 1 aliphatic heterocycles. The summed E-state index contributed by atoms with van der Waals surface area (Å²) in [6.45, 7) is 10.9. The standard InChI is InChI=1S/C14H26N2O/c1-8(2)6-12-15-13(9(3)4)14(17)16(12)11-7-10(11)5/h8-13,15H,6-7H2,1-5H3. The number of nitrogens with one attached hydrogen (secondary N) is 1. The van der Waals surface area contributed by atoms with Crippen LogP contribution in [0.25, 0.3) is 0 Å². The zero-order valence-corrected chi connectivity index (χ0v) is 11.7. The molecule has 0 aromatic heterocycles. The predicted molar refractivity (Wildman–Crippen MR) is 69.4 cm³/mol. The van der Waals surface area contributed by atoms with Crippen LogP contribution in [-0.4, -0.2) is 29.1 Å². The van der Waals surface area contributed by atoms with Crippen molar-refractivity contribution < 1.29 is 4.79 Å². The Morgan fingerprint density at radius 1 is 1.35 bits per heavy atom. The lowest BCUT2D eigenvalue weighted by molar-refractivity contribution is -0.131. The quantitative estimate of drug-likeness (QED) is 0.814. The van der Waals surface area contributed by atoms with Crippen LogP contribution < -0.4 is 5.32 Å². The number of carbonyl (C=O) groups is 1. The molecule has 1 aliphatic carbocycles. The van der Waals surface area contributed by atoms with Gasteiger partial charge in [0.25, 0.3) is 0 Å². The van der Waals surface area contributed by atoms with Gasteiger partial charge in [-0.1, -0.05) is 34.6 Å². The van der Waals surface area contributed by atoms with Crippen LogP contribution in [0.1, 0.15) is 47.5 Å². The van der Waals surface area contributed by atoms with Gasteiger partial charge < -0.3 is 4.90 Å². The van der Waals surface area contributed by atoms with Crippen LogP contribution in [0.4, 0.5) is 0 Å². The van der Waals surface area contributed by atoms with Crippen molar-refractivity contribution in [3.8, 4) is 0 Å². The molecule has 1 saturated carbocycles. The molecule has 0 aromatic rings. The fourth-order valence-electron chi connectivity index (χ4n) is 2.86. The Labute approximate surface area is 105 Å². The minimum atomic E-state index is 0.0338. The van der Waals surface area contributed by atoms with E-state index in [1.165, 1.54) is 6.42 Å². The maximum atomic E-state index is 12.4. The van der Waals surface area contributed by atoms with Crippen LogP contribution >= 0.6 is 0 Å². The smallest absolute Gasteiger partial charge is 0.241 e. The zero-order valence-electron chi connectivity index (χ0n) is 11.7. The first-order valence-electron chi connectivity index (χ1n) is 7.00. The van der Waals surface area contributed by atoms with E-state index in [1.54, 1.807) is 0 Å². The van der Waals surface area contributed by atoms with Gasteiger partial charge in [-0.05, 0) is 30.6 Å². The molecule has 3 heteroatoms. The van der Waals surface area contributed by atoms with Crippen LogP contribution in [0.2, 0.25) is 0 Å². The van der Waals surface area contributed by atoms with Crippen molar-refractivity contribution in [1.82, 2.24) is 10.2 Å². The second-order valence-electron chi connectivity index (χ2n) is 6.56. The van der Waals surface area contributed by atoms with E-state index in [0.29, 0.717) is 29.7 Å². The van der Waals surface area contributed by atoms with Crippen molar-refractivity contribution in [3.63, 3.8) is 0 Å². The first-order chi connectivity index (χ1) is 7.91. The number of hydrogen-bond acceptors (Lipinski definition) is 2. The van der Waals surface area contributed by atoms with E-state index in [1.807, 2.05) is 0 Å². The molecule has 4 unspecified atom stereocenters. The molecule has 2 fully saturated rings. The molecule has 1 amide bonds. The number of rotatable bonds is 4. The number of nitrogens with zero attached hydrogens (tertiary/aromatic N) is 1. The Kier molecular flexibility index (Phi) is 3.48. The first kappa shape index (κ1) is 12.9. The van der Waals surface area contributed by atoms with Crippen molar-refractivity contribution in [2.75, 3.05) is 0 Å². The molecular weight excluding hydrogens is 212 g/mol. The van der Waals surface area contributed by atoms with Gasteiger partial charge in [-0.25, -0.2) is 0 Å². The van der Waals surface area contributed by atoms with E-state index in [4.69, 9.17) is 0 Å². The Hall–Kier alpha value is -0.570. The fraction of sp³-hybridized carbons (Fsp3) is 0.929. The molecule has 1 N–H and O–H groups in total. The van der Waals surface area contributed by atoms with E-state index in [0.717, 1.165) is 6.42 Å². The molecule has 0 spiro atoms. The molecule has 1 heterocycles. The molecule has 1 saturated heterocycles. The molecular formula is C14H26N2O. The third-order valence-electron chi connectivity index (χ3n) is 4.01. The largest absolute Gasteiger partial charge is 0.323 e. The number of carbonyl (C=O) groups excluding carboxylic acids is 1. The van der Waals surface area contributed by atoms with E-state index in [9.17, 15) is 4.79 Å². The summed E-state index contributed by atoms with van der Waals surface area (Å²) in [6, 6.07) is 0.536. The van der Waals surface area contributed by atoms with Gasteiger partial charge in [0.1, 0.15) is 0 Å². The highest BCUT2D eigenvalue weighted by Gasteiger charge is 2.50. The summed E-state index contributed by atoms with van der Waals surface area (Å²) in [7, 11) is 0. The Morgan fingerprint density at radius 3 is 2.35 bits per heavy atom. The van der Waals surface area contributed by atoms with Crippen molar-refractivity contribution in [2.45, 2.75) is 65.7 Å². The summed E-state index contributed by atoms with van der Waals surface area (Å²) < 4.78 is 0. The van der Waals surface area contributed by atoms with E-state index < -0.39 is 0 Å². The SMILES string of the molecule is CC(C)CC1NC(C(C)C)C(=O)N1C1CC1C. The van der Waals surface area contributed by atoms with Crippen LogP contribution in [0.15, 0.2) is 0 Å². The summed E-state index contributed by atoms with van der Waals surface area (Å²) in [6.07, 6.45) is 2.52.